The van der Waals surface area contributed by atoms with Gasteiger partial charge in [-0.3, -0.25) is 4.29 Å². The number of rotatable bonds is 4. The molecular formula is C14H15BrClNO6. The van der Waals surface area contributed by atoms with Crippen LogP contribution in [0.25, 0.3) is 10.9 Å². The van der Waals surface area contributed by atoms with Crippen molar-refractivity contribution in [3.05, 3.63) is 30.3 Å². The van der Waals surface area contributed by atoms with Crippen LogP contribution >= 0.6 is 27.8 Å². The number of aromatic amines is 1. The van der Waals surface area contributed by atoms with Crippen molar-refractivity contribution < 1.29 is 29.1 Å². The fraction of sp³-hybridized carbons (Fsp3) is 0.429. The van der Waals surface area contributed by atoms with Gasteiger partial charge < -0.3 is 29.8 Å². The van der Waals surface area contributed by atoms with Gasteiger partial charge in [-0.15, -0.1) is 0 Å². The third-order valence-corrected chi connectivity index (χ3v) is 4.83. The Bertz CT molecular complexity index is 651. The molecule has 5 atom stereocenters. The number of para-hydroxylation sites is 1. The maximum atomic E-state index is 10.1. The molecule has 0 amide bonds. The number of hydrogen-bond donors (Lipinski definition) is 4. The van der Waals surface area contributed by atoms with Crippen LogP contribution in [0, 0.1) is 0 Å². The average Bonchev–Trinajstić information content (AvgIpc) is 2.95. The highest BCUT2D eigenvalue weighted by Crippen LogP contribution is 2.38. The second kappa shape index (κ2) is 6.56. The number of ether oxygens (including phenoxy) is 2. The molecule has 3 rings (SSSR count). The summed E-state index contributed by atoms with van der Waals surface area (Å²) in [5.41, 5.74) is 0.847. The molecule has 0 spiro atoms. The van der Waals surface area contributed by atoms with E-state index in [9.17, 15) is 15.3 Å². The third-order valence-electron chi connectivity index (χ3n) is 3.75. The first kappa shape index (κ1) is 17.0. The molecular weight excluding hydrogens is 394 g/mol. The minimum absolute atomic E-state index is 0.357. The third kappa shape index (κ3) is 3.08. The summed E-state index contributed by atoms with van der Waals surface area (Å²) in [5.74, 6) is 0.357. The molecule has 0 bridgehead atoms. The highest BCUT2D eigenvalue weighted by atomic mass is 79.9. The van der Waals surface area contributed by atoms with Gasteiger partial charge in [0, 0.05) is 17.0 Å². The zero-order valence-corrected chi connectivity index (χ0v) is 14.1. The smallest absolute Gasteiger partial charge is 0.192 e. The second-order valence-electron chi connectivity index (χ2n) is 5.26. The number of aliphatic hydroxyl groups excluding tert-OH is 3. The van der Waals surface area contributed by atoms with E-state index in [0.29, 0.717) is 5.88 Å². The zero-order chi connectivity index (χ0) is 16.6. The van der Waals surface area contributed by atoms with Crippen molar-refractivity contribution in [2.24, 2.45) is 0 Å². The summed E-state index contributed by atoms with van der Waals surface area (Å²) in [6.45, 7) is -0.555. The normalized spacial score (nSPS) is 34.7. The van der Waals surface area contributed by atoms with E-state index in [4.69, 9.17) is 25.6 Å². The van der Waals surface area contributed by atoms with E-state index in [0.717, 1.165) is 10.9 Å². The van der Waals surface area contributed by atoms with E-state index in [1.165, 1.54) is 0 Å². The van der Waals surface area contributed by atoms with Crippen LogP contribution in [0.2, 0.25) is 0 Å². The lowest BCUT2D eigenvalue weighted by molar-refractivity contribution is -0.287. The predicted molar refractivity (Wildman–Crippen MR) is 85.3 cm³/mol. The first-order chi connectivity index (χ1) is 11.0. The van der Waals surface area contributed by atoms with E-state index >= 15 is 0 Å². The number of H-pyrrole nitrogens is 1. The van der Waals surface area contributed by atoms with Crippen LogP contribution in [0.5, 0.6) is 5.88 Å². The summed E-state index contributed by atoms with van der Waals surface area (Å²) in [6, 6.07) is 9.26. The fourth-order valence-electron chi connectivity index (χ4n) is 2.56. The molecule has 1 aliphatic rings. The molecule has 0 aliphatic carbocycles. The summed E-state index contributed by atoms with van der Waals surface area (Å²) >= 11 is 8.63. The Labute approximate surface area is 145 Å². The van der Waals surface area contributed by atoms with Crippen LogP contribution in [-0.4, -0.2) is 56.0 Å². The topological polar surface area (TPSA) is 104 Å². The average molecular weight is 409 g/mol. The number of nitrogens with one attached hydrogen (secondary N) is 1. The van der Waals surface area contributed by atoms with E-state index in [-0.39, 0.29) is 0 Å². The van der Waals surface area contributed by atoms with Gasteiger partial charge in [0.15, 0.2) is 28.9 Å². The van der Waals surface area contributed by atoms with Crippen molar-refractivity contribution in [2.75, 3.05) is 6.61 Å². The first-order valence-corrected chi connectivity index (χ1v) is 7.94. The number of alkyl halides is 1. The van der Waals surface area contributed by atoms with E-state index < -0.39 is 35.7 Å². The number of benzene rings is 1. The molecule has 2 aromatic rings. The first-order valence-electron chi connectivity index (χ1n) is 6.84. The number of hydrogen-bond acceptors (Lipinski definition) is 6. The number of halogens is 2. The van der Waals surface area contributed by atoms with Crippen molar-refractivity contribution in [1.29, 1.82) is 0 Å². The van der Waals surface area contributed by atoms with Gasteiger partial charge in [0.1, 0.15) is 6.10 Å². The summed E-state index contributed by atoms with van der Waals surface area (Å²) in [4.78, 5) is 3.04. The molecule has 0 radical (unpaired) electrons. The Kier molecular flexibility index (Phi) is 4.84. The van der Waals surface area contributed by atoms with E-state index in [1.807, 2.05) is 24.3 Å². The molecule has 1 aromatic carbocycles. The van der Waals surface area contributed by atoms with Crippen LogP contribution in [0.4, 0.5) is 0 Å². The Morgan fingerprint density at radius 3 is 2.74 bits per heavy atom. The van der Waals surface area contributed by atoms with Gasteiger partial charge in [-0.25, -0.2) is 0 Å². The van der Waals surface area contributed by atoms with Crippen LogP contribution in [-0.2, 0) is 9.03 Å². The Morgan fingerprint density at radius 2 is 2.09 bits per heavy atom. The Balaban J connectivity index is 1.91. The maximum Gasteiger partial charge on any atom is 0.192 e. The minimum Gasteiger partial charge on any atom is -0.470 e. The molecule has 2 heterocycles. The molecule has 126 valence electrons. The lowest BCUT2D eigenvalue weighted by atomic mass is 9.99. The number of fused-ring (bicyclic) bond motifs is 1. The van der Waals surface area contributed by atoms with Gasteiger partial charge in [0.05, 0.1) is 18.5 Å². The minimum atomic E-state index is -1.58. The molecule has 1 saturated heterocycles. The summed E-state index contributed by atoms with van der Waals surface area (Å²) in [6.07, 6.45) is -5.18. The molecule has 9 heteroatoms. The summed E-state index contributed by atoms with van der Waals surface area (Å²) in [7, 11) is 0. The molecule has 1 aliphatic heterocycles. The van der Waals surface area contributed by atoms with Gasteiger partial charge in [-0.1, -0.05) is 18.2 Å². The second-order valence-corrected chi connectivity index (χ2v) is 6.78. The van der Waals surface area contributed by atoms with Gasteiger partial charge in [0.25, 0.3) is 0 Å². The Hall–Kier alpha value is -0.870. The molecule has 23 heavy (non-hydrogen) atoms. The summed E-state index contributed by atoms with van der Waals surface area (Å²) < 4.78 is 14.2. The van der Waals surface area contributed by atoms with Crippen molar-refractivity contribution in [3.8, 4) is 5.88 Å². The SMILES string of the molecule is OC[C@@]1(Br)OC(O)[C@H](O)[C@@H](Oc2cc3ccccc3[nH]2)[C@@H]1OCl. The van der Waals surface area contributed by atoms with Crippen molar-refractivity contribution in [2.45, 2.75) is 29.1 Å². The fourth-order valence-corrected chi connectivity index (χ4v) is 3.46. The standard InChI is InChI=1S/C14H15BrClNO6/c15-14(6-18)12(23-16)11(10(19)13(20)22-14)21-9-5-7-3-1-2-4-8(7)17-9/h1-5,10-13,17-20H,6H2/t10-,11-,12+,13?,14-/m1/s1. The van der Waals surface area contributed by atoms with Crippen LogP contribution in [0.1, 0.15) is 0 Å². The number of aliphatic hydroxyl groups is 3. The van der Waals surface area contributed by atoms with Crippen molar-refractivity contribution >= 4 is 38.7 Å². The molecule has 1 fully saturated rings. The molecule has 7 nitrogen and oxygen atoms in total. The summed E-state index contributed by atoms with van der Waals surface area (Å²) in [5, 5.41) is 30.4. The van der Waals surface area contributed by atoms with Crippen LogP contribution < -0.4 is 4.74 Å². The largest absolute Gasteiger partial charge is 0.470 e. The predicted octanol–water partition coefficient (Wildman–Crippen LogP) is 1.25. The lowest BCUT2D eigenvalue weighted by Gasteiger charge is -2.45. The van der Waals surface area contributed by atoms with Crippen LogP contribution in [0.15, 0.2) is 30.3 Å². The molecule has 1 unspecified atom stereocenters. The maximum absolute atomic E-state index is 10.1. The quantitative estimate of drug-likeness (QED) is 0.568. The van der Waals surface area contributed by atoms with E-state index in [1.54, 1.807) is 6.07 Å². The number of aromatic nitrogens is 1. The van der Waals surface area contributed by atoms with Crippen LogP contribution in [0.3, 0.4) is 0 Å². The van der Waals surface area contributed by atoms with Gasteiger partial charge in [-0.2, -0.15) is 0 Å². The van der Waals surface area contributed by atoms with Gasteiger partial charge in [-0.05, 0) is 22.0 Å². The molecule has 1 aromatic heterocycles. The Morgan fingerprint density at radius 1 is 1.35 bits per heavy atom. The van der Waals surface area contributed by atoms with Crippen molar-refractivity contribution in [1.82, 2.24) is 4.98 Å². The monoisotopic (exact) mass is 407 g/mol. The van der Waals surface area contributed by atoms with Gasteiger partial charge in [0.2, 0.25) is 0 Å². The lowest BCUT2D eigenvalue weighted by Crippen LogP contribution is -2.65. The van der Waals surface area contributed by atoms with Crippen molar-refractivity contribution in [3.63, 3.8) is 0 Å². The highest BCUT2D eigenvalue weighted by Gasteiger charge is 2.55. The highest BCUT2D eigenvalue weighted by molar-refractivity contribution is 9.10. The van der Waals surface area contributed by atoms with Gasteiger partial charge >= 0.3 is 0 Å². The van der Waals surface area contributed by atoms with E-state index in [2.05, 4.69) is 20.9 Å². The molecule has 0 saturated carbocycles. The zero-order valence-electron chi connectivity index (χ0n) is 11.7. The molecule has 4 N–H and O–H groups in total.